The van der Waals surface area contributed by atoms with Crippen LogP contribution >= 0.6 is 11.6 Å². The maximum absolute atomic E-state index is 13.1. The van der Waals surface area contributed by atoms with Crippen molar-refractivity contribution in [1.82, 2.24) is 15.0 Å². The van der Waals surface area contributed by atoms with Crippen molar-refractivity contribution in [1.29, 1.82) is 0 Å². The number of imidazole rings is 1. The number of fused-ring (bicyclic) bond motifs is 1. The Morgan fingerprint density at radius 2 is 1.85 bits per heavy atom. The normalized spacial score (nSPS) is 18.3. The molecule has 1 fully saturated rings. The molecule has 1 aliphatic heterocycles. The Kier molecular flexibility index (Phi) is 5.98. The fourth-order valence-corrected chi connectivity index (χ4v) is 4.60. The van der Waals surface area contributed by atoms with Gasteiger partial charge in [-0.15, -0.1) is 0 Å². The lowest BCUT2D eigenvalue weighted by molar-refractivity contribution is -0.00547. The Hall–Kier alpha value is -3.42. The van der Waals surface area contributed by atoms with E-state index in [4.69, 9.17) is 21.3 Å². The number of nitrogens with zero attached hydrogens (tertiary/aromatic N) is 3. The largest absolute Gasteiger partial charge is 0.372 e. The molecule has 1 amide bonds. The van der Waals surface area contributed by atoms with E-state index in [2.05, 4.69) is 34.0 Å². The van der Waals surface area contributed by atoms with Gasteiger partial charge in [0.05, 0.1) is 39.5 Å². The minimum Gasteiger partial charge on any atom is -0.372 e. The summed E-state index contributed by atoms with van der Waals surface area (Å²) >= 11 is 6.45. The number of morpholine rings is 1. The van der Waals surface area contributed by atoms with Crippen molar-refractivity contribution in [2.45, 2.75) is 33.0 Å². The van der Waals surface area contributed by atoms with Crippen molar-refractivity contribution in [3.05, 3.63) is 70.9 Å². The molecular weight excluding hydrogens is 450 g/mol. The Balaban J connectivity index is 1.36. The van der Waals surface area contributed by atoms with Crippen molar-refractivity contribution in [2.75, 3.05) is 23.3 Å². The molecular formula is C26H26ClN5O2. The summed E-state index contributed by atoms with van der Waals surface area (Å²) in [5.74, 6) is 1.28. The predicted molar refractivity (Wildman–Crippen MR) is 136 cm³/mol. The number of H-pyrrole nitrogens is 1. The number of para-hydroxylation sites is 2. The third kappa shape index (κ3) is 4.49. The van der Waals surface area contributed by atoms with Crippen LogP contribution in [0.5, 0.6) is 0 Å². The maximum Gasteiger partial charge on any atom is 0.257 e. The lowest BCUT2D eigenvalue weighted by atomic mass is 10.1. The van der Waals surface area contributed by atoms with Crippen LogP contribution in [0.4, 0.5) is 11.5 Å². The smallest absolute Gasteiger partial charge is 0.257 e. The van der Waals surface area contributed by atoms with Crippen LogP contribution < -0.4 is 10.2 Å². The van der Waals surface area contributed by atoms with Gasteiger partial charge in [-0.25, -0.2) is 9.97 Å². The number of aromatic amines is 1. The van der Waals surface area contributed by atoms with Crippen LogP contribution in [0.25, 0.3) is 22.4 Å². The number of rotatable bonds is 4. The topological polar surface area (TPSA) is 83.1 Å². The summed E-state index contributed by atoms with van der Waals surface area (Å²) in [6.45, 7) is 7.52. The number of nitrogens with one attached hydrogen (secondary N) is 2. The van der Waals surface area contributed by atoms with E-state index in [0.29, 0.717) is 27.8 Å². The van der Waals surface area contributed by atoms with Gasteiger partial charge in [-0.05, 0) is 63.2 Å². The summed E-state index contributed by atoms with van der Waals surface area (Å²) in [6.07, 6.45) is 0.277. The first-order valence-corrected chi connectivity index (χ1v) is 11.7. The molecule has 2 atom stereocenters. The van der Waals surface area contributed by atoms with E-state index < -0.39 is 0 Å². The molecule has 2 aromatic carbocycles. The molecule has 2 aromatic heterocycles. The minimum atomic E-state index is -0.224. The highest BCUT2D eigenvalue weighted by Gasteiger charge is 2.24. The molecule has 7 nitrogen and oxygen atoms in total. The van der Waals surface area contributed by atoms with Crippen LogP contribution in [0.15, 0.2) is 54.6 Å². The summed E-state index contributed by atoms with van der Waals surface area (Å²) in [7, 11) is 0. The number of hydrogen-bond donors (Lipinski definition) is 2. The third-order valence-corrected chi connectivity index (χ3v) is 6.26. The van der Waals surface area contributed by atoms with Crippen molar-refractivity contribution in [2.24, 2.45) is 0 Å². The second-order valence-electron chi connectivity index (χ2n) is 8.72. The number of aromatic nitrogens is 3. The molecule has 1 saturated heterocycles. The molecule has 2 N–H and O–H groups in total. The van der Waals surface area contributed by atoms with E-state index in [0.717, 1.165) is 35.5 Å². The number of anilines is 2. The Morgan fingerprint density at radius 1 is 1.09 bits per heavy atom. The van der Waals surface area contributed by atoms with Crippen molar-refractivity contribution < 1.29 is 9.53 Å². The number of amides is 1. The summed E-state index contributed by atoms with van der Waals surface area (Å²) in [4.78, 5) is 27.9. The van der Waals surface area contributed by atoms with Crippen molar-refractivity contribution in [3.8, 4) is 11.4 Å². The quantitative estimate of drug-likeness (QED) is 0.410. The van der Waals surface area contributed by atoms with Crippen molar-refractivity contribution in [3.63, 3.8) is 0 Å². The lowest BCUT2D eigenvalue weighted by Crippen LogP contribution is -2.45. The first-order chi connectivity index (χ1) is 16.4. The molecule has 0 saturated carbocycles. The molecule has 0 spiro atoms. The van der Waals surface area contributed by atoms with Crippen LogP contribution in [-0.2, 0) is 4.74 Å². The average Bonchev–Trinajstić information content (AvgIpc) is 3.23. The van der Waals surface area contributed by atoms with Gasteiger partial charge in [0.2, 0.25) is 0 Å². The number of carbonyl (C=O) groups excluding carboxylic acids is 1. The van der Waals surface area contributed by atoms with E-state index in [1.165, 1.54) is 0 Å². The van der Waals surface area contributed by atoms with E-state index in [1.807, 2.05) is 49.4 Å². The molecule has 0 bridgehead atoms. The number of ether oxygens (including phenoxy) is 1. The van der Waals surface area contributed by atoms with E-state index in [-0.39, 0.29) is 18.1 Å². The minimum absolute atomic E-state index is 0.139. The fraction of sp³-hybridized carbons (Fsp3) is 0.269. The van der Waals surface area contributed by atoms with Crippen LogP contribution in [0, 0.1) is 6.92 Å². The first kappa shape index (κ1) is 22.4. The highest BCUT2D eigenvalue weighted by Crippen LogP contribution is 2.30. The number of hydrogen-bond acceptors (Lipinski definition) is 5. The van der Waals surface area contributed by atoms with E-state index >= 15 is 0 Å². The zero-order valence-corrected chi connectivity index (χ0v) is 20.1. The Labute approximate surface area is 203 Å². The number of pyridine rings is 1. The molecule has 0 radical (unpaired) electrons. The zero-order valence-electron chi connectivity index (χ0n) is 19.3. The molecule has 5 rings (SSSR count). The maximum atomic E-state index is 13.1. The molecule has 1 aliphatic rings. The molecule has 4 aromatic rings. The second kappa shape index (κ2) is 9.08. The van der Waals surface area contributed by atoms with Gasteiger partial charge in [-0.3, -0.25) is 4.79 Å². The summed E-state index contributed by atoms with van der Waals surface area (Å²) < 4.78 is 5.81. The van der Waals surface area contributed by atoms with Crippen LogP contribution in [0.2, 0.25) is 5.02 Å². The van der Waals surface area contributed by atoms with Gasteiger partial charge in [0.15, 0.2) is 0 Å². The molecule has 34 heavy (non-hydrogen) atoms. The molecule has 174 valence electrons. The molecule has 3 heterocycles. The zero-order chi connectivity index (χ0) is 23.8. The number of carbonyl (C=O) groups is 1. The van der Waals surface area contributed by atoms with Gasteiger partial charge < -0.3 is 19.9 Å². The molecule has 0 aliphatic carbocycles. The number of aryl methyl sites for hydroxylation is 1. The number of benzene rings is 2. The van der Waals surface area contributed by atoms with Gasteiger partial charge in [-0.1, -0.05) is 23.7 Å². The van der Waals surface area contributed by atoms with Gasteiger partial charge in [-0.2, -0.15) is 0 Å². The van der Waals surface area contributed by atoms with Gasteiger partial charge in [0.25, 0.3) is 5.91 Å². The monoisotopic (exact) mass is 475 g/mol. The second-order valence-corrected chi connectivity index (χ2v) is 9.12. The average molecular weight is 476 g/mol. The highest BCUT2D eigenvalue weighted by molar-refractivity contribution is 6.33. The van der Waals surface area contributed by atoms with Crippen molar-refractivity contribution >= 4 is 40.0 Å². The lowest BCUT2D eigenvalue weighted by Gasteiger charge is -2.36. The van der Waals surface area contributed by atoms with E-state index in [1.54, 1.807) is 12.1 Å². The number of halogens is 1. The summed E-state index contributed by atoms with van der Waals surface area (Å²) in [6, 6.07) is 16.9. The molecule has 0 unspecified atom stereocenters. The van der Waals surface area contributed by atoms with Crippen LogP contribution in [0.3, 0.4) is 0 Å². The summed E-state index contributed by atoms with van der Waals surface area (Å²) in [5, 5.41) is 3.52. The Morgan fingerprint density at radius 3 is 2.59 bits per heavy atom. The Bertz CT molecular complexity index is 1330. The summed E-state index contributed by atoms with van der Waals surface area (Å²) in [5.41, 5.74) is 4.33. The highest BCUT2D eigenvalue weighted by atomic mass is 35.5. The third-order valence-electron chi connectivity index (χ3n) is 5.93. The standard InChI is InChI=1S/C26H26ClN5O2/c1-15-13-32(14-16(2)34-15)24-11-9-19(17(3)28-24)26(33)29-18-8-10-21(27)20(12-18)25-30-22-6-4-5-7-23(22)31-25/h4-12,15-16H,13-14H2,1-3H3,(H,29,33)(H,30,31)/t15-,16+. The van der Waals surface area contributed by atoms with Gasteiger partial charge in [0.1, 0.15) is 11.6 Å². The van der Waals surface area contributed by atoms with Gasteiger partial charge >= 0.3 is 0 Å². The first-order valence-electron chi connectivity index (χ1n) is 11.3. The predicted octanol–water partition coefficient (Wildman–Crippen LogP) is 5.45. The SMILES string of the molecule is Cc1nc(N2C[C@@H](C)O[C@@H](C)C2)ccc1C(=O)Nc1ccc(Cl)c(-c2nc3ccccc3[nH]2)c1. The van der Waals surface area contributed by atoms with Crippen LogP contribution in [0.1, 0.15) is 29.9 Å². The van der Waals surface area contributed by atoms with Crippen LogP contribution in [-0.4, -0.2) is 46.2 Å². The molecule has 8 heteroatoms. The van der Waals surface area contributed by atoms with Gasteiger partial charge in [0, 0.05) is 24.3 Å². The van der Waals surface area contributed by atoms with E-state index in [9.17, 15) is 4.79 Å². The fourth-order valence-electron chi connectivity index (χ4n) is 4.39.